The highest BCUT2D eigenvalue weighted by Crippen LogP contribution is 2.20. The van der Waals surface area contributed by atoms with Crippen molar-refractivity contribution in [3.63, 3.8) is 0 Å². The standard InChI is InChI=1S/C9H11BrFNO/c1-6-3-7(5-12(2)13)9(11)4-8(6)10/h3-4,13H,5H2,1-2H3. The second-order valence-electron chi connectivity index (χ2n) is 3.01. The molecular formula is C9H11BrFNO. The van der Waals surface area contributed by atoms with Crippen molar-refractivity contribution in [3.8, 4) is 0 Å². The molecule has 0 aliphatic heterocycles. The van der Waals surface area contributed by atoms with Gasteiger partial charge in [0, 0.05) is 17.1 Å². The second-order valence-corrected chi connectivity index (χ2v) is 3.86. The van der Waals surface area contributed by atoms with Gasteiger partial charge in [-0.25, -0.2) is 4.39 Å². The highest BCUT2D eigenvalue weighted by Gasteiger charge is 2.06. The zero-order valence-corrected chi connectivity index (χ0v) is 9.10. The predicted molar refractivity (Wildman–Crippen MR) is 52.1 cm³/mol. The van der Waals surface area contributed by atoms with Crippen LogP contribution in [0.25, 0.3) is 0 Å². The fourth-order valence-electron chi connectivity index (χ4n) is 1.08. The number of hydrogen-bond donors (Lipinski definition) is 1. The van der Waals surface area contributed by atoms with Crippen LogP contribution in [0.2, 0.25) is 0 Å². The van der Waals surface area contributed by atoms with Crippen molar-refractivity contribution in [1.29, 1.82) is 0 Å². The topological polar surface area (TPSA) is 23.5 Å². The van der Waals surface area contributed by atoms with E-state index in [1.165, 1.54) is 13.1 Å². The van der Waals surface area contributed by atoms with E-state index in [1.54, 1.807) is 6.07 Å². The van der Waals surface area contributed by atoms with Crippen LogP contribution < -0.4 is 0 Å². The van der Waals surface area contributed by atoms with Crippen LogP contribution in [0.3, 0.4) is 0 Å². The Kier molecular flexibility index (Phi) is 3.41. The molecule has 0 radical (unpaired) electrons. The van der Waals surface area contributed by atoms with Gasteiger partial charge in [-0.1, -0.05) is 22.0 Å². The monoisotopic (exact) mass is 247 g/mol. The normalized spacial score (nSPS) is 10.9. The van der Waals surface area contributed by atoms with Gasteiger partial charge in [0.2, 0.25) is 0 Å². The number of hydrogen-bond acceptors (Lipinski definition) is 2. The van der Waals surface area contributed by atoms with Crippen molar-refractivity contribution >= 4 is 15.9 Å². The summed E-state index contributed by atoms with van der Waals surface area (Å²) in [5.74, 6) is -0.307. The Morgan fingerprint density at radius 2 is 2.15 bits per heavy atom. The minimum absolute atomic E-state index is 0.194. The highest BCUT2D eigenvalue weighted by molar-refractivity contribution is 9.10. The molecule has 0 fully saturated rings. The van der Waals surface area contributed by atoms with Gasteiger partial charge in [-0.05, 0) is 18.6 Å². The van der Waals surface area contributed by atoms with Crippen LogP contribution in [-0.4, -0.2) is 17.3 Å². The fraction of sp³-hybridized carbons (Fsp3) is 0.333. The quantitative estimate of drug-likeness (QED) is 0.813. The van der Waals surface area contributed by atoms with E-state index in [-0.39, 0.29) is 12.4 Å². The molecule has 2 nitrogen and oxygen atoms in total. The minimum atomic E-state index is -0.307. The maximum atomic E-state index is 13.2. The molecular weight excluding hydrogens is 237 g/mol. The van der Waals surface area contributed by atoms with Crippen molar-refractivity contribution in [2.24, 2.45) is 0 Å². The third-order valence-corrected chi connectivity index (χ3v) is 2.58. The maximum absolute atomic E-state index is 13.2. The first-order valence-corrected chi connectivity index (χ1v) is 4.64. The second kappa shape index (κ2) is 4.17. The van der Waals surface area contributed by atoms with Gasteiger partial charge in [0.25, 0.3) is 0 Å². The Balaban J connectivity index is 3.01. The van der Waals surface area contributed by atoms with Crippen LogP contribution in [0.1, 0.15) is 11.1 Å². The summed E-state index contributed by atoms with van der Waals surface area (Å²) in [5.41, 5.74) is 1.45. The first-order chi connectivity index (χ1) is 6.00. The molecule has 0 aliphatic rings. The maximum Gasteiger partial charge on any atom is 0.128 e. The van der Waals surface area contributed by atoms with E-state index in [0.717, 1.165) is 15.1 Å². The van der Waals surface area contributed by atoms with E-state index in [1.807, 2.05) is 6.92 Å². The average Bonchev–Trinajstić information content (AvgIpc) is 1.99. The Hall–Kier alpha value is -0.450. The van der Waals surface area contributed by atoms with Gasteiger partial charge >= 0.3 is 0 Å². The smallest absolute Gasteiger partial charge is 0.128 e. The van der Waals surface area contributed by atoms with Crippen LogP contribution >= 0.6 is 15.9 Å². The zero-order valence-electron chi connectivity index (χ0n) is 7.51. The molecule has 0 spiro atoms. The number of aryl methyl sites for hydroxylation is 1. The first-order valence-electron chi connectivity index (χ1n) is 3.85. The fourth-order valence-corrected chi connectivity index (χ4v) is 1.40. The van der Waals surface area contributed by atoms with Crippen molar-refractivity contribution in [2.75, 3.05) is 7.05 Å². The Morgan fingerprint density at radius 3 is 2.69 bits per heavy atom. The molecule has 0 aliphatic carbocycles. The number of benzene rings is 1. The summed E-state index contributed by atoms with van der Waals surface area (Å²) < 4.78 is 14.0. The molecule has 0 amide bonds. The Labute approximate surface area is 85.1 Å². The van der Waals surface area contributed by atoms with Crippen LogP contribution in [0.4, 0.5) is 4.39 Å². The lowest BCUT2D eigenvalue weighted by atomic mass is 10.1. The number of halogens is 2. The summed E-state index contributed by atoms with van der Waals surface area (Å²) >= 11 is 3.23. The lowest BCUT2D eigenvalue weighted by Crippen LogP contribution is -2.13. The van der Waals surface area contributed by atoms with E-state index >= 15 is 0 Å². The molecule has 1 N–H and O–H groups in total. The molecule has 13 heavy (non-hydrogen) atoms. The molecule has 0 saturated heterocycles. The van der Waals surface area contributed by atoms with Crippen molar-refractivity contribution in [1.82, 2.24) is 5.06 Å². The van der Waals surface area contributed by atoms with E-state index in [0.29, 0.717) is 5.56 Å². The van der Waals surface area contributed by atoms with Gasteiger partial charge in [0.05, 0.1) is 6.54 Å². The molecule has 1 aromatic carbocycles. The van der Waals surface area contributed by atoms with E-state index < -0.39 is 0 Å². The van der Waals surface area contributed by atoms with E-state index in [2.05, 4.69) is 15.9 Å². The third-order valence-electron chi connectivity index (χ3n) is 1.73. The molecule has 1 aromatic rings. The molecule has 4 heteroatoms. The predicted octanol–water partition coefficient (Wildman–Crippen LogP) is 2.72. The van der Waals surface area contributed by atoms with Gasteiger partial charge in [-0.15, -0.1) is 0 Å². The first kappa shape index (κ1) is 10.6. The zero-order chi connectivity index (χ0) is 10.0. The molecule has 1 rings (SSSR count). The van der Waals surface area contributed by atoms with Crippen LogP contribution in [0, 0.1) is 12.7 Å². The molecule has 0 aromatic heterocycles. The average molecular weight is 248 g/mol. The molecule has 72 valence electrons. The van der Waals surface area contributed by atoms with Gasteiger partial charge in [0.15, 0.2) is 0 Å². The number of rotatable bonds is 2. The number of hydroxylamine groups is 2. The lowest BCUT2D eigenvalue weighted by molar-refractivity contribution is -0.0738. The number of nitrogens with zero attached hydrogens (tertiary/aromatic N) is 1. The third kappa shape index (κ3) is 2.76. The van der Waals surface area contributed by atoms with Crippen LogP contribution in [-0.2, 0) is 6.54 Å². The summed E-state index contributed by atoms with van der Waals surface area (Å²) in [5, 5.41) is 9.90. The van der Waals surface area contributed by atoms with Gasteiger partial charge in [0.1, 0.15) is 5.82 Å². The molecule has 0 atom stereocenters. The molecule has 0 heterocycles. The van der Waals surface area contributed by atoms with Crippen molar-refractivity contribution < 1.29 is 9.60 Å². The molecule has 0 saturated carbocycles. The minimum Gasteiger partial charge on any atom is -0.314 e. The lowest BCUT2D eigenvalue weighted by Gasteiger charge is -2.10. The van der Waals surface area contributed by atoms with Gasteiger partial charge in [-0.2, -0.15) is 5.06 Å². The SMILES string of the molecule is Cc1cc(CN(C)O)c(F)cc1Br. The van der Waals surface area contributed by atoms with Crippen LogP contribution in [0.5, 0.6) is 0 Å². The summed E-state index contributed by atoms with van der Waals surface area (Å²) in [6.07, 6.45) is 0. The van der Waals surface area contributed by atoms with E-state index in [4.69, 9.17) is 5.21 Å². The van der Waals surface area contributed by atoms with Crippen molar-refractivity contribution in [2.45, 2.75) is 13.5 Å². The highest BCUT2D eigenvalue weighted by atomic mass is 79.9. The Bertz CT molecular complexity index is 315. The van der Waals surface area contributed by atoms with Gasteiger partial charge in [-0.3, -0.25) is 0 Å². The summed E-state index contributed by atoms with van der Waals surface area (Å²) in [6, 6.07) is 3.13. The van der Waals surface area contributed by atoms with Crippen LogP contribution in [0.15, 0.2) is 16.6 Å². The summed E-state index contributed by atoms with van der Waals surface area (Å²) in [6.45, 7) is 2.07. The summed E-state index contributed by atoms with van der Waals surface area (Å²) in [7, 11) is 1.48. The largest absolute Gasteiger partial charge is 0.314 e. The molecule has 0 bridgehead atoms. The molecule has 0 unspecified atom stereocenters. The van der Waals surface area contributed by atoms with E-state index in [9.17, 15) is 4.39 Å². The van der Waals surface area contributed by atoms with Gasteiger partial charge < -0.3 is 5.21 Å². The van der Waals surface area contributed by atoms with Crippen molar-refractivity contribution in [3.05, 3.63) is 33.5 Å². The Morgan fingerprint density at radius 1 is 1.54 bits per heavy atom. The summed E-state index contributed by atoms with van der Waals surface area (Å²) in [4.78, 5) is 0.